The molecule has 0 bridgehead atoms. The van der Waals surface area contributed by atoms with Crippen LogP contribution in [0.3, 0.4) is 0 Å². The zero-order chi connectivity index (χ0) is 23.5. The summed E-state index contributed by atoms with van der Waals surface area (Å²) in [6, 6.07) is 13.5. The lowest BCUT2D eigenvalue weighted by Crippen LogP contribution is -2.22. The molecule has 0 radical (unpaired) electrons. The number of amides is 2. The second kappa shape index (κ2) is 9.16. The number of anilines is 3. The smallest absolute Gasteiger partial charge is 0.253 e. The summed E-state index contributed by atoms with van der Waals surface area (Å²) in [7, 11) is 3.46. The minimum atomic E-state index is -0.544. The molecular weight excluding hydrogens is 414 g/mol. The molecule has 0 aliphatic heterocycles. The predicted molar refractivity (Wildman–Crippen MR) is 132 cm³/mol. The van der Waals surface area contributed by atoms with Gasteiger partial charge in [0.1, 0.15) is 5.82 Å². The average molecular weight is 442 g/mol. The number of hydrogen-bond donors (Lipinski definition) is 3. The molecule has 3 aromatic rings. The Hall–Kier alpha value is -4.13. The van der Waals surface area contributed by atoms with E-state index in [1.807, 2.05) is 25.1 Å². The van der Waals surface area contributed by atoms with Gasteiger partial charge in [0.2, 0.25) is 0 Å². The number of rotatable bonds is 7. The number of aromatic nitrogens is 1. The molecule has 7 heteroatoms. The highest BCUT2D eigenvalue weighted by Gasteiger charge is 2.14. The number of carbonyl (C=O) groups excluding carboxylic acids is 2. The first-order chi connectivity index (χ1) is 15.8. The lowest BCUT2D eigenvalue weighted by molar-refractivity contribution is 0.0826. The molecule has 33 heavy (non-hydrogen) atoms. The fourth-order valence-electron chi connectivity index (χ4n) is 3.94. The van der Waals surface area contributed by atoms with Crippen LogP contribution in [0.25, 0.3) is 6.08 Å². The SMILES string of the molecule is Cc1cc(Nc2cc(NCc3cccc4c3C=CC4)c(C(N)=O)cn2)ccc1C(=O)N(C)C. The van der Waals surface area contributed by atoms with Crippen molar-refractivity contribution in [3.05, 3.63) is 88.1 Å². The molecule has 7 nitrogen and oxygen atoms in total. The van der Waals surface area contributed by atoms with E-state index in [-0.39, 0.29) is 5.91 Å². The second-order valence-corrected chi connectivity index (χ2v) is 8.28. The molecule has 0 spiro atoms. The number of carbonyl (C=O) groups is 2. The van der Waals surface area contributed by atoms with Gasteiger partial charge in [-0.05, 0) is 53.8 Å². The van der Waals surface area contributed by atoms with E-state index in [1.54, 1.807) is 31.1 Å². The molecule has 4 N–H and O–H groups in total. The molecule has 1 aliphatic rings. The predicted octanol–water partition coefficient (Wildman–Crippen LogP) is 4.12. The number of nitrogens with one attached hydrogen (secondary N) is 2. The van der Waals surface area contributed by atoms with Crippen LogP contribution in [0.4, 0.5) is 17.2 Å². The average Bonchev–Trinajstić information content (AvgIpc) is 3.27. The Morgan fingerprint density at radius 1 is 1.12 bits per heavy atom. The number of benzene rings is 2. The van der Waals surface area contributed by atoms with Crippen LogP contribution in [-0.2, 0) is 13.0 Å². The third kappa shape index (κ3) is 4.72. The number of hydrogen-bond acceptors (Lipinski definition) is 5. The summed E-state index contributed by atoms with van der Waals surface area (Å²) in [4.78, 5) is 30.1. The van der Waals surface area contributed by atoms with Crippen LogP contribution in [0.1, 0.15) is 43.0 Å². The summed E-state index contributed by atoms with van der Waals surface area (Å²) in [6.07, 6.45) is 6.70. The molecule has 1 aromatic heterocycles. The number of nitrogens with zero attached hydrogens (tertiary/aromatic N) is 2. The largest absolute Gasteiger partial charge is 0.380 e. The van der Waals surface area contributed by atoms with E-state index in [2.05, 4.69) is 39.9 Å². The van der Waals surface area contributed by atoms with Gasteiger partial charge in [-0.1, -0.05) is 30.4 Å². The third-order valence-corrected chi connectivity index (χ3v) is 5.68. The van der Waals surface area contributed by atoms with E-state index < -0.39 is 5.91 Å². The van der Waals surface area contributed by atoms with E-state index in [9.17, 15) is 9.59 Å². The maximum Gasteiger partial charge on any atom is 0.253 e. The Labute approximate surface area is 193 Å². The highest BCUT2D eigenvalue weighted by Crippen LogP contribution is 2.27. The number of pyridine rings is 1. The summed E-state index contributed by atoms with van der Waals surface area (Å²) < 4.78 is 0. The van der Waals surface area contributed by atoms with Gasteiger partial charge >= 0.3 is 0 Å². The van der Waals surface area contributed by atoms with Crippen molar-refractivity contribution in [2.45, 2.75) is 19.9 Å². The first kappa shape index (κ1) is 22.1. The van der Waals surface area contributed by atoms with Crippen molar-refractivity contribution >= 4 is 35.1 Å². The van der Waals surface area contributed by atoms with Gasteiger partial charge in [0.25, 0.3) is 11.8 Å². The van der Waals surface area contributed by atoms with Gasteiger partial charge in [0.05, 0.1) is 11.3 Å². The van der Waals surface area contributed by atoms with Crippen molar-refractivity contribution in [2.75, 3.05) is 24.7 Å². The Bertz CT molecular complexity index is 1260. The normalized spacial score (nSPS) is 11.7. The topological polar surface area (TPSA) is 100 Å². The maximum atomic E-state index is 12.3. The van der Waals surface area contributed by atoms with E-state index >= 15 is 0 Å². The van der Waals surface area contributed by atoms with Gasteiger partial charge in [0, 0.05) is 44.2 Å². The molecular formula is C26H27N5O2. The lowest BCUT2D eigenvalue weighted by atomic mass is 10.0. The van der Waals surface area contributed by atoms with Gasteiger partial charge in [0.15, 0.2) is 0 Å². The van der Waals surface area contributed by atoms with Crippen LogP contribution in [0, 0.1) is 6.92 Å². The molecule has 2 amide bonds. The highest BCUT2D eigenvalue weighted by molar-refractivity contribution is 5.99. The van der Waals surface area contributed by atoms with E-state index in [0.717, 1.165) is 23.2 Å². The fourth-order valence-corrected chi connectivity index (χ4v) is 3.94. The molecule has 1 heterocycles. The van der Waals surface area contributed by atoms with Crippen LogP contribution in [0.15, 0.2) is 54.7 Å². The summed E-state index contributed by atoms with van der Waals surface area (Å²) in [5.74, 6) is -0.0272. The van der Waals surface area contributed by atoms with Gasteiger partial charge in [-0.2, -0.15) is 0 Å². The molecule has 168 valence electrons. The maximum absolute atomic E-state index is 12.3. The van der Waals surface area contributed by atoms with Crippen molar-refractivity contribution in [1.29, 1.82) is 0 Å². The van der Waals surface area contributed by atoms with Gasteiger partial charge in [-0.3, -0.25) is 9.59 Å². The lowest BCUT2D eigenvalue weighted by Gasteiger charge is -2.16. The fraction of sp³-hybridized carbons (Fsp3) is 0.192. The van der Waals surface area contributed by atoms with Crippen molar-refractivity contribution in [1.82, 2.24) is 9.88 Å². The van der Waals surface area contributed by atoms with Crippen LogP contribution >= 0.6 is 0 Å². The van der Waals surface area contributed by atoms with Crippen LogP contribution in [0.2, 0.25) is 0 Å². The first-order valence-corrected chi connectivity index (χ1v) is 10.7. The van der Waals surface area contributed by atoms with E-state index in [0.29, 0.717) is 29.2 Å². The van der Waals surface area contributed by atoms with Crippen molar-refractivity contribution in [3.63, 3.8) is 0 Å². The zero-order valence-corrected chi connectivity index (χ0v) is 19.0. The molecule has 2 aromatic carbocycles. The molecule has 0 saturated heterocycles. The molecule has 0 saturated carbocycles. The van der Waals surface area contributed by atoms with Gasteiger partial charge < -0.3 is 21.3 Å². The number of aryl methyl sites for hydroxylation is 1. The quantitative estimate of drug-likeness (QED) is 0.512. The number of nitrogens with two attached hydrogens (primary N) is 1. The van der Waals surface area contributed by atoms with Crippen molar-refractivity contribution in [2.24, 2.45) is 5.73 Å². The summed E-state index contributed by atoms with van der Waals surface area (Å²) in [5.41, 5.74) is 12.5. The summed E-state index contributed by atoms with van der Waals surface area (Å²) >= 11 is 0. The van der Waals surface area contributed by atoms with Crippen molar-refractivity contribution in [3.8, 4) is 0 Å². The Morgan fingerprint density at radius 2 is 1.94 bits per heavy atom. The van der Waals surface area contributed by atoms with E-state index in [1.165, 1.54) is 17.3 Å². The van der Waals surface area contributed by atoms with Crippen molar-refractivity contribution < 1.29 is 9.59 Å². The van der Waals surface area contributed by atoms with Gasteiger partial charge in [-0.15, -0.1) is 0 Å². The minimum absolute atomic E-state index is 0.0447. The van der Waals surface area contributed by atoms with E-state index in [4.69, 9.17) is 5.73 Å². The number of fused-ring (bicyclic) bond motifs is 1. The highest BCUT2D eigenvalue weighted by atomic mass is 16.2. The molecule has 0 atom stereocenters. The minimum Gasteiger partial charge on any atom is -0.380 e. The monoisotopic (exact) mass is 441 g/mol. The van der Waals surface area contributed by atoms with Crippen LogP contribution in [-0.4, -0.2) is 35.8 Å². The molecule has 0 unspecified atom stereocenters. The second-order valence-electron chi connectivity index (χ2n) is 8.28. The Kier molecular flexibility index (Phi) is 6.13. The first-order valence-electron chi connectivity index (χ1n) is 10.7. The van der Waals surface area contributed by atoms with Crippen LogP contribution < -0.4 is 16.4 Å². The summed E-state index contributed by atoms with van der Waals surface area (Å²) in [5, 5.41) is 6.60. The van der Waals surface area contributed by atoms with Crippen LogP contribution in [0.5, 0.6) is 0 Å². The molecule has 1 aliphatic carbocycles. The Balaban J connectivity index is 1.56. The zero-order valence-electron chi connectivity index (χ0n) is 19.0. The number of allylic oxidation sites excluding steroid dienone is 1. The number of primary amides is 1. The molecule has 0 fully saturated rings. The standard InChI is InChI=1S/C26H27N5O2/c1-16-12-19(10-11-20(16)26(33)31(2)3)30-24-13-23(22(15-29-24)25(27)32)28-14-18-8-4-6-17-7-5-9-21(17)18/h4-6,8-13,15H,7,14H2,1-3H3,(H2,27,32)(H2,28,29,30). The molecule has 4 rings (SSSR count). The van der Waals surface area contributed by atoms with Gasteiger partial charge in [-0.25, -0.2) is 4.98 Å². The third-order valence-electron chi connectivity index (χ3n) is 5.68. The Morgan fingerprint density at radius 3 is 2.67 bits per heavy atom. The summed E-state index contributed by atoms with van der Waals surface area (Å²) in [6.45, 7) is 2.45.